The number of nitrogens with two attached hydrogens (primary N) is 1. The number of anilines is 1. The minimum absolute atomic E-state index is 0.169. The fourth-order valence-corrected chi connectivity index (χ4v) is 1.66. The van der Waals surface area contributed by atoms with Crippen LogP contribution in [0.4, 0.5) is 5.69 Å². The lowest BCUT2D eigenvalue weighted by atomic mass is 10.3. The predicted molar refractivity (Wildman–Crippen MR) is 60.9 cm³/mol. The predicted octanol–water partition coefficient (Wildman–Crippen LogP) is 1.10. The molecule has 0 fully saturated rings. The van der Waals surface area contributed by atoms with E-state index in [1.165, 1.54) is 7.11 Å². The van der Waals surface area contributed by atoms with Crippen molar-refractivity contribution in [1.82, 2.24) is 9.55 Å². The molecule has 0 saturated heterocycles. The van der Waals surface area contributed by atoms with Crippen LogP contribution in [0.1, 0.15) is 5.82 Å². The highest BCUT2D eigenvalue weighted by Crippen LogP contribution is 2.18. The van der Waals surface area contributed by atoms with Crippen molar-refractivity contribution in [3.8, 4) is 0 Å². The lowest BCUT2D eigenvalue weighted by molar-refractivity contribution is -0.141. The van der Waals surface area contributed by atoms with Crippen LogP contribution in [0.2, 0.25) is 0 Å². The summed E-state index contributed by atoms with van der Waals surface area (Å²) in [6.45, 7) is 2.02. The minimum Gasteiger partial charge on any atom is -0.468 e. The number of carbonyl (C=O) groups is 1. The highest BCUT2D eigenvalue weighted by molar-refractivity contribution is 5.81. The number of ether oxygens (including phenoxy) is 1. The first-order valence-electron chi connectivity index (χ1n) is 4.91. The average Bonchev–Trinajstić information content (AvgIpc) is 2.54. The van der Waals surface area contributed by atoms with E-state index in [1.807, 2.05) is 13.0 Å². The van der Waals surface area contributed by atoms with Gasteiger partial charge >= 0.3 is 5.97 Å². The molecule has 5 heteroatoms. The Kier molecular flexibility index (Phi) is 2.52. The van der Waals surface area contributed by atoms with E-state index in [1.54, 1.807) is 16.7 Å². The van der Waals surface area contributed by atoms with Crippen LogP contribution in [0.5, 0.6) is 0 Å². The third-order valence-electron chi connectivity index (χ3n) is 2.48. The maximum Gasteiger partial charge on any atom is 0.325 e. The molecule has 84 valence electrons. The Labute approximate surface area is 92.8 Å². The molecular formula is C11H13N3O2. The van der Waals surface area contributed by atoms with Crippen LogP contribution in [0.25, 0.3) is 11.0 Å². The Morgan fingerprint density at radius 2 is 2.31 bits per heavy atom. The van der Waals surface area contributed by atoms with Crippen molar-refractivity contribution in [3.05, 3.63) is 24.0 Å². The molecule has 0 aliphatic rings. The largest absolute Gasteiger partial charge is 0.468 e. The SMILES string of the molecule is COC(=O)Cn1c(C)nc2cc(N)ccc21. The first-order valence-corrected chi connectivity index (χ1v) is 4.91. The summed E-state index contributed by atoms with van der Waals surface area (Å²) in [6, 6.07) is 5.43. The van der Waals surface area contributed by atoms with Crippen LogP contribution in [-0.4, -0.2) is 22.6 Å². The highest BCUT2D eigenvalue weighted by atomic mass is 16.5. The van der Waals surface area contributed by atoms with Crippen molar-refractivity contribution in [2.75, 3.05) is 12.8 Å². The van der Waals surface area contributed by atoms with Crippen molar-refractivity contribution in [3.63, 3.8) is 0 Å². The van der Waals surface area contributed by atoms with Gasteiger partial charge in [-0.3, -0.25) is 4.79 Å². The van der Waals surface area contributed by atoms with E-state index in [4.69, 9.17) is 5.73 Å². The molecule has 2 aromatic rings. The Balaban J connectivity index is 2.52. The van der Waals surface area contributed by atoms with Crippen molar-refractivity contribution < 1.29 is 9.53 Å². The summed E-state index contributed by atoms with van der Waals surface area (Å²) >= 11 is 0. The van der Waals surface area contributed by atoms with Crippen molar-refractivity contribution in [2.45, 2.75) is 13.5 Å². The molecule has 0 bridgehead atoms. The summed E-state index contributed by atoms with van der Waals surface area (Å²) in [5.74, 6) is 0.477. The van der Waals surface area contributed by atoms with Crippen LogP contribution >= 0.6 is 0 Å². The molecule has 0 saturated carbocycles. The number of esters is 1. The Hall–Kier alpha value is -2.04. The van der Waals surface area contributed by atoms with Gasteiger partial charge in [-0.1, -0.05) is 0 Å². The van der Waals surface area contributed by atoms with Crippen molar-refractivity contribution in [1.29, 1.82) is 0 Å². The first kappa shape index (κ1) is 10.5. The van der Waals surface area contributed by atoms with E-state index in [-0.39, 0.29) is 12.5 Å². The molecule has 5 nitrogen and oxygen atoms in total. The molecular weight excluding hydrogens is 206 g/mol. The Morgan fingerprint density at radius 1 is 1.56 bits per heavy atom. The second kappa shape index (κ2) is 3.84. The maximum atomic E-state index is 11.2. The normalized spacial score (nSPS) is 10.6. The zero-order valence-corrected chi connectivity index (χ0v) is 9.23. The van der Waals surface area contributed by atoms with E-state index < -0.39 is 0 Å². The van der Waals surface area contributed by atoms with E-state index >= 15 is 0 Å². The molecule has 16 heavy (non-hydrogen) atoms. The molecule has 0 aliphatic heterocycles. The van der Waals surface area contributed by atoms with Crippen LogP contribution in [0.15, 0.2) is 18.2 Å². The quantitative estimate of drug-likeness (QED) is 0.606. The zero-order valence-electron chi connectivity index (χ0n) is 9.23. The van der Waals surface area contributed by atoms with Gasteiger partial charge in [0.15, 0.2) is 0 Å². The third kappa shape index (κ3) is 1.71. The second-order valence-corrected chi connectivity index (χ2v) is 3.57. The fraction of sp³-hybridized carbons (Fsp3) is 0.273. The molecule has 2 rings (SSSR count). The molecule has 0 unspecified atom stereocenters. The minimum atomic E-state index is -0.292. The van der Waals surface area contributed by atoms with Gasteiger partial charge in [0.1, 0.15) is 12.4 Å². The molecule has 0 atom stereocenters. The number of nitrogen functional groups attached to an aromatic ring is 1. The lowest BCUT2D eigenvalue weighted by Gasteiger charge is -2.04. The van der Waals surface area contributed by atoms with Crippen LogP contribution in [-0.2, 0) is 16.1 Å². The van der Waals surface area contributed by atoms with Crippen LogP contribution < -0.4 is 5.73 Å². The second-order valence-electron chi connectivity index (χ2n) is 3.57. The van der Waals surface area contributed by atoms with E-state index in [0.29, 0.717) is 5.69 Å². The zero-order chi connectivity index (χ0) is 11.7. The monoisotopic (exact) mass is 219 g/mol. The number of aromatic nitrogens is 2. The molecule has 0 amide bonds. The molecule has 1 aromatic heterocycles. The fourth-order valence-electron chi connectivity index (χ4n) is 1.66. The number of methoxy groups -OCH3 is 1. The number of hydrogen-bond acceptors (Lipinski definition) is 4. The van der Waals surface area contributed by atoms with Gasteiger partial charge in [0.25, 0.3) is 0 Å². The number of benzene rings is 1. The average molecular weight is 219 g/mol. The molecule has 2 N–H and O–H groups in total. The number of imidazole rings is 1. The lowest BCUT2D eigenvalue weighted by Crippen LogP contribution is -2.12. The molecule has 1 heterocycles. The van der Waals surface area contributed by atoms with Gasteiger partial charge in [0, 0.05) is 5.69 Å². The number of aryl methyl sites for hydroxylation is 1. The van der Waals surface area contributed by atoms with Crippen molar-refractivity contribution in [2.24, 2.45) is 0 Å². The van der Waals surface area contributed by atoms with Gasteiger partial charge in [-0.15, -0.1) is 0 Å². The summed E-state index contributed by atoms with van der Waals surface area (Å²) in [7, 11) is 1.37. The maximum absolute atomic E-state index is 11.2. The molecule has 0 aliphatic carbocycles. The van der Waals surface area contributed by atoms with Gasteiger partial charge in [0.05, 0.1) is 18.1 Å². The van der Waals surface area contributed by atoms with E-state index in [0.717, 1.165) is 16.9 Å². The number of rotatable bonds is 2. The summed E-state index contributed by atoms with van der Waals surface area (Å²) in [4.78, 5) is 15.6. The van der Waals surface area contributed by atoms with E-state index in [2.05, 4.69) is 9.72 Å². The molecule has 0 spiro atoms. The number of fused-ring (bicyclic) bond motifs is 1. The third-order valence-corrected chi connectivity index (χ3v) is 2.48. The van der Waals surface area contributed by atoms with Gasteiger partial charge < -0.3 is 15.0 Å². The Bertz CT molecular complexity index is 545. The molecule has 1 aromatic carbocycles. The molecule has 0 radical (unpaired) electrons. The standard InChI is InChI=1S/C11H13N3O2/c1-7-13-9-5-8(12)3-4-10(9)14(7)6-11(15)16-2/h3-5H,6,12H2,1-2H3. The first-order chi connectivity index (χ1) is 7.61. The summed E-state index contributed by atoms with van der Waals surface area (Å²) in [5, 5.41) is 0. The topological polar surface area (TPSA) is 70.1 Å². The van der Waals surface area contributed by atoms with Crippen LogP contribution in [0.3, 0.4) is 0 Å². The Morgan fingerprint density at radius 3 is 3.00 bits per heavy atom. The summed E-state index contributed by atoms with van der Waals surface area (Å²) in [6.07, 6.45) is 0. The summed E-state index contributed by atoms with van der Waals surface area (Å²) < 4.78 is 6.45. The van der Waals surface area contributed by atoms with Gasteiger partial charge in [0.2, 0.25) is 0 Å². The number of nitrogens with zero attached hydrogens (tertiary/aromatic N) is 2. The summed E-state index contributed by atoms with van der Waals surface area (Å²) in [5.41, 5.74) is 8.01. The smallest absolute Gasteiger partial charge is 0.325 e. The van der Waals surface area contributed by atoms with Gasteiger partial charge in [-0.25, -0.2) is 4.98 Å². The van der Waals surface area contributed by atoms with Gasteiger partial charge in [-0.2, -0.15) is 0 Å². The highest BCUT2D eigenvalue weighted by Gasteiger charge is 2.10. The number of hydrogen-bond donors (Lipinski definition) is 1. The van der Waals surface area contributed by atoms with Gasteiger partial charge in [-0.05, 0) is 25.1 Å². The van der Waals surface area contributed by atoms with Crippen molar-refractivity contribution >= 4 is 22.7 Å². The number of carbonyl (C=O) groups excluding carboxylic acids is 1. The van der Waals surface area contributed by atoms with Crippen LogP contribution in [0, 0.1) is 6.92 Å². The van der Waals surface area contributed by atoms with E-state index in [9.17, 15) is 4.79 Å².